The zero-order valence-electron chi connectivity index (χ0n) is 20.3. The van der Waals surface area contributed by atoms with Crippen molar-refractivity contribution in [1.82, 2.24) is 15.0 Å². The first-order valence-corrected chi connectivity index (χ1v) is 12.4. The second-order valence-corrected chi connectivity index (χ2v) is 9.02. The number of rotatable bonds is 9. The van der Waals surface area contributed by atoms with E-state index in [1.165, 1.54) is 35.4 Å². The van der Waals surface area contributed by atoms with Gasteiger partial charge in [-0.15, -0.1) is 0 Å². The van der Waals surface area contributed by atoms with Crippen molar-refractivity contribution in [3.05, 3.63) is 77.9 Å². The molecule has 2 amide bonds. The van der Waals surface area contributed by atoms with Gasteiger partial charge in [0.1, 0.15) is 5.69 Å². The summed E-state index contributed by atoms with van der Waals surface area (Å²) in [4.78, 5) is 33.0. The van der Waals surface area contributed by atoms with Crippen molar-refractivity contribution < 1.29 is 19.1 Å². The summed E-state index contributed by atoms with van der Waals surface area (Å²) >= 11 is 1.27. The highest BCUT2D eigenvalue weighted by Crippen LogP contribution is 2.34. The normalized spacial score (nSPS) is 15.3. The molecule has 0 fully saturated rings. The van der Waals surface area contributed by atoms with Gasteiger partial charge >= 0.3 is 5.24 Å². The highest BCUT2D eigenvalue weighted by Gasteiger charge is 2.30. The molecule has 0 bridgehead atoms. The van der Waals surface area contributed by atoms with Crippen LogP contribution in [0.2, 0.25) is 0 Å². The van der Waals surface area contributed by atoms with E-state index >= 15 is 0 Å². The Morgan fingerprint density at radius 3 is 2.58 bits per heavy atom. The van der Waals surface area contributed by atoms with Crippen LogP contribution < -0.4 is 14.8 Å². The Morgan fingerprint density at radius 2 is 1.92 bits per heavy atom. The molecule has 186 valence electrons. The summed E-state index contributed by atoms with van der Waals surface area (Å²) < 4.78 is 11.1. The molecule has 1 N–H and O–H groups in total. The van der Waals surface area contributed by atoms with E-state index in [9.17, 15) is 9.59 Å². The SMILES string of the molecule is CCOc1cc(C2=NN(Cc3ccc(NC(=O)c4cnccn4)cc3)C(=O)SC2CC)ccc1OC. The summed E-state index contributed by atoms with van der Waals surface area (Å²) in [5, 5.41) is 8.84. The topological polar surface area (TPSA) is 106 Å². The highest BCUT2D eigenvalue weighted by atomic mass is 32.2. The summed E-state index contributed by atoms with van der Waals surface area (Å²) in [6.07, 6.45) is 5.14. The lowest BCUT2D eigenvalue weighted by atomic mass is 10.0. The fourth-order valence-electron chi connectivity index (χ4n) is 3.68. The third kappa shape index (κ3) is 5.83. The number of nitrogens with one attached hydrogen (secondary N) is 1. The minimum absolute atomic E-state index is 0.0599. The number of hydrazone groups is 1. The van der Waals surface area contributed by atoms with Crippen LogP contribution in [-0.4, -0.2) is 50.8 Å². The number of amides is 2. The maximum absolute atomic E-state index is 12.9. The predicted molar refractivity (Wildman–Crippen MR) is 140 cm³/mol. The number of hydrogen-bond donors (Lipinski definition) is 1. The van der Waals surface area contributed by atoms with Gasteiger partial charge in [-0.1, -0.05) is 30.8 Å². The van der Waals surface area contributed by atoms with Crippen LogP contribution in [-0.2, 0) is 6.54 Å². The van der Waals surface area contributed by atoms with Crippen LogP contribution in [0.3, 0.4) is 0 Å². The fraction of sp³-hybridized carbons (Fsp3) is 0.269. The van der Waals surface area contributed by atoms with Crippen LogP contribution in [0.15, 0.2) is 66.2 Å². The number of benzene rings is 2. The van der Waals surface area contributed by atoms with Gasteiger partial charge in [-0.3, -0.25) is 14.6 Å². The van der Waals surface area contributed by atoms with Crippen LogP contribution in [0.1, 0.15) is 41.9 Å². The number of anilines is 1. The first kappa shape index (κ1) is 25.2. The quantitative estimate of drug-likeness (QED) is 0.437. The number of thioether (sulfide) groups is 1. The minimum Gasteiger partial charge on any atom is -0.493 e. The average Bonchev–Trinajstić information content (AvgIpc) is 2.91. The van der Waals surface area contributed by atoms with E-state index in [0.29, 0.717) is 30.3 Å². The molecule has 9 nitrogen and oxygen atoms in total. The molecule has 1 atom stereocenters. The summed E-state index contributed by atoms with van der Waals surface area (Å²) in [5.74, 6) is 0.948. The molecule has 1 aliphatic heterocycles. The Hall–Kier alpha value is -3.92. The number of carbonyl (C=O) groups excluding carboxylic acids is 2. The standard InChI is InChI=1S/C26H27N5O4S/c1-4-23-24(18-8-11-21(34-3)22(14-18)35-5-2)30-31(26(33)36-23)16-17-6-9-19(10-7-17)29-25(32)20-15-27-12-13-28-20/h6-15,23H,4-5,16H2,1-3H3,(H,29,32). The lowest BCUT2D eigenvalue weighted by molar-refractivity contribution is 0.102. The van der Waals surface area contributed by atoms with Gasteiger partial charge in [0.05, 0.1) is 37.4 Å². The average molecular weight is 506 g/mol. The number of hydrogen-bond acceptors (Lipinski definition) is 8. The van der Waals surface area contributed by atoms with E-state index in [2.05, 4.69) is 15.3 Å². The van der Waals surface area contributed by atoms with E-state index in [1.54, 1.807) is 19.2 Å². The largest absolute Gasteiger partial charge is 0.493 e. The van der Waals surface area contributed by atoms with Crippen LogP contribution in [0.25, 0.3) is 0 Å². The van der Waals surface area contributed by atoms with Crippen LogP contribution in [0.4, 0.5) is 10.5 Å². The van der Waals surface area contributed by atoms with Crippen molar-refractivity contribution in [2.24, 2.45) is 5.10 Å². The summed E-state index contributed by atoms with van der Waals surface area (Å²) in [5.41, 5.74) is 3.43. The second-order valence-electron chi connectivity index (χ2n) is 7.86. The van der Waals surface area contributed by atoms with Crippen molar-refractivity contribution in [2.45, 2.75) is 32.1 Å². The Labute approximate surface area is 213 Å². The third-order valence-electron chi connectivity index (χ3n) is 5.46. The van der Waals surface area contributed by atoms with Gasteiger partial charge in [0.2, 0.25) is 0 Å². The molecule has 0 spiro atoms. The van der Waals surface area contributed by atoms with Gasteiger partial charge in [-0.25, -0.2) is 9.99 Å². The molecule has 2 heterocycles. The zero-order chi connectivity index (χ0) is 25.5. The summed E-state index contributed by atoms with van der Waals surface area (Å²) in [6.45, 7) is 4.77. The number of ether oxygens (including phenoxy) is 2. The number of aromatic nitrogens is 2. The monoisotopic (exact) mass is 505 g/mol. The van der Waals surface area contributed by atoms with E-state index in [4.69, 9.17) is 14.6 Å². The smallest absolute Gasteiger partial charge is 0.302 e. The van der Waals surface area contributed by atoms with Crippen molar-refractivity contribution in [3.8, 4) is 11.5 Å². The Morgan fingerprint density at radius 1 is 1.11 bits per heavy atom. The van der Waals surface area contributed by atoms with Gasteiger partial charge in [0.15, 0.2) is 11.5 Å². The van der Waals surface area contributed by atoms with Gasteiger partial charge in [-0.2, -0.15) is 5.10 Å². The molecule has 1 aliphatic rings. The Balaban J connectivity index is 1.52. The molecule has 3 aromatic rings. The predicted octanol–water partition coefficient (Wildman–Crippen LogP) is 4.99. The molecule has 1 aromatic heterocycles. The van der Waals surface area contributed by atoms with Crippen molar-refractivity contribution in [3.63, 3.8) is 0 Å². The molecule has 0 saturated heterocycles. The van der Waals surface area contributed by atoms with E-state index < -0.39 is 0 Å². The lowest BCUT2D eigenvalue weighted by Gasteiger charge is -2.28. The summed E-state index contributed by atoms with van der Waals surface area (Å²) in [7, 11) is 1.60. The van der Waals surface area contributed by atoms with Crippen LogP contribution in [0, 0.1) is 0 Å². The molecule has 10 heteroatoms. The minimum atomic E-state index is -0.343. The molecular weight excluding hydrogens is 478 g/mol. The maximum Gasteiger partial charge on any atom is 0.302 e. The molecule has 0 radical (unpaired) electrons. The molecule has 1 unspecified atom stereocenters. The van der Waals surface area contributed by atoms with Gasteiger partial charge < -0.3 is 14.8 Å². The number of methoxy groups -OCH3 is 1. The van der Waals surface area contributed by atoms with Crippen molar-refractivity contribution in [2.75, 3.05) is 19.0 Å². The van der Waals surface area contributed by atoms with Gasteiger partial charge in [0, 0.05) is 23.6 Å². The van der Waals surface area contributed by atoms with Crippen molar-refractivity contribution >= 4 is 34.3 Å². The van der Waals surface area contributed by atoms with Gasteiger partial charge in [0.25, 0.3) is 5.91 Å². The molecule has 36 heavy (non-hydrogen) atoms. The Bertz CT molecular complexity index is 1250. The lowest BCUT2D eigenvalue weighted by Crippen LogP contribution is -2.34. The highest BCUT2D eigenvalue weighted by molar-refractivity contribution is 8.14. The first-order valence-electron chi connectivity index (χ1n) is 11.6. The third-order valence-corrected chi connectivity index (χ3v) is 6.71. The zero-order valence-corrected chi connectivity index (χ0v) is 21.1. The molecular formula is C26H27N5O4S. The number of nitrogens with zero attached hydrogens (tertiary/aromatic N) is 4. The molecule has 0 aliphatic carbocycles. The first-order chi connectivity index (χ1) is 17.5. The van der Waals surface area contributed by atoms with Crippen molar-refractivity contribution in [1.29, 1.82) is 0 Å². The maximum atomic E-state index is 12.9. The second kappa shape index (κ2) is 11.7. The fourth-order valence-corrected chi connectivity index (χ4v) is 4.61. The molecule has 2 aromatic carbocycles. The van der Waals surface area contributed by atoms with Crippen LogP contribution >= 0.6 is 11.8 Å². The summed E-state index contributed by atoms with van der Waals surface area (Å²) in [6, 6.07) is 13.0. The molecule has 4 rings (SSSR count). The molecule has 0 saturated carbocycles. The van der Waals surface area contributed by atoms with E-state index in [1.807, 2.05) is 44.2 Å². The Kier molecular flexibility index (Phi) is 8.17. The van der Waals surface area contributed by atoms with E-state index in [0.717, 1.165) is 23.3 Å². The van der Waals surface area contributed by atoms with Gasteiger partial charge in [-0.05, 0) is 49.2 Å². The number of carbonyl (C=O) groups is 2. The van der Waals surface area contributed by atoms with Crippen LogP contribution in [0.5, 0.6) is 11.5 Å². The van der Waals surface area contributed by atoms with E-state index in [-0.39, 0.29) is 22.1 Å².